The fourth-order valence-corrected chi connectivity index (χ4v) is 2.09. The summed E-state index contributed by atoms with van der Waals surface area (Å²) in [6.07, 6.45) is 1.06. The molecule has 0 N–H and O–H groups in total. The molecule has 0 radical (unpaired) electrons. The summed E-state index contributed by atoms with van der Waals surface area (Å²) in [5.74, 6) is 0.918. The summed E-state index contributed by atoms with van der Waals surface area (Å²) >= 11 is 0. The number of hydrogen-bond donors (Lipinski definition) is 0. The average Bonchev–Trinajstić information content (AvgIpc) is 2.47. The molecular weight excluding hydrogens is 234 g/mol. The Hall–Kier alpha value is -1.80. The van der Waals surface area contributed by atoms with Gasteiger partial charge in [-0.1, -0.05) is 42.5 Å². The van der Waals surface area contributed by atoms with Gasteiger partial charge in [-0.2, -0.15) is 0 Å². The van der Waals surface area contributed by atoms with Crippen LogP contribution in [0.15, 0.2) is 54.6 Å². The van der Waals surface area contributed by atoms with E-state index in [-0.39, 0.29) is 0 Å². The standard InChI is InChI=1S/C17H21NO/c1-18(14-16-6-4-3-5-7-16)13-12-15-8-10-17(19-2)11-9-15/h3-11H,12-14H2,1-2H3. The number of methoxy groups -OCH3 is 1. The van der Waals surface area contributed by atoms with Crippen LogP contribution in [0.25, 0.3) is 0 Å². The van der Waals surface area contributed by atoms with Gasteiger partial charge in [0.2, 0.25) is 0 Å². The van der Waals surface area contributed by atoms with Crippen molar-refractivity contribution in [2.75, 3.05) is 20.7 Å². The summed E-state index contributed by atoms with van der Waals surface area (Å²) in [6, 6.07) is 18.9. The lowest BCUT2D eigenvalue weighted by molar-refractivity contribution is 0.331. The minimum Gasteiger partial charge on any atom is -0.497 e. The summed E-state index contributed by atoms with van der Waals surface area (Å²) in [6.45, 7) is 2.05. The molecule has 0 saturated heterocycles. The molecular formula is C17H21NO. The van der Waals surface area contributed by atoms with E-state index < -0.39 is 0 Å². The van der Waals surface area contributed by atoms with Crippen molar-refractivity contribution >= 4 is 0 Å². The van der Waals surface area contributed by atoms with Crippen LogP contribution in [-0.2, 0) is 13.0 Å². The molecule has 2 nitrogen and oxygen atoms in total. The Morgan fingerprint density at radius 3 is 2.21 bits per heavy atom. The predicted octanol–water partition coefficient (Wildman–Crippen LogP) is 3.37. The van der Waals surface area contributed by atoms with E-state index in [4.69, 9.17) is 4.74 Å². The molecule has 19 heavy (non-hydrogen) atoms. The molecule has 0 fully saturated rings. The van der Waals surface area contributed by atoms with Crippen LogP contribution in [0.4, 0.5) is 0 Å². The molecule has 0 atom stereocenters. The zero-order valence-corrected chi connectivity index (χ0v) is 11.7. The Bertz CT molecular complexity index is 478. The third-order valence-corrected chi connectivity index (χ3v) is 3.24. The van der Waals surface area contributed by atoms with Crippen LogP contribution in [0, 0.1) is 0 Å². The van der Waals surface area contributed by atoms with Crippen molar-refractivity contribution < 1.29 is 4.74 Å². The molecule has 100 valence electrons. The van der Waals surface area contributed by atoms with E-state index in [1.165, 1.54) is 11.1 Å². The molecule has 0 unspecified atom stereocenters. The molecule has 0 aliphatic carbocycles. The van der Waals surface area contributed by atoms with Gasteiger partial charge in [0.1, 0.15) is 5.75 Å². The van der Waals surface area contributed by atoms with Crippen LogP contribution >= 0.6 is 0 Å². The Morgan fingerprint density at radius 2 is 1.58 bits per heavy atom. The molecule has 0 saturated carbocycles. The van der Waals surface area contributed by atoms with Crippen LogP contribution in [0.3, 0.4) is 0 Å². The fourth-order valence-electron chi connectivity index (χ4n) is 2.09. The molecule has 2 aromatic carbocycles. The normalized spacial score (nSPS) is 10.7. The van der Waals surface area contributed by atoms with Crippen molar-refractivity contribution in [3.8, 4) is 5.75 Å². The Balaban J connectivity index is 1.81. The Morgan fingerprint density at radius 1 is 0.895 bits per heavy atom. The van der Waals surface area contributed by atoms with Gasteiger partial charge in [0, 0.05) is 13.1 Å². The molecule has 2 rings (SSSR count). The molecule has 0 bridgehead atoms. The van der Waals surface area contributed by atoms with E-state index in [0.717, 1.165) is 25.3 Å². The first-order valence-corrected chi connectivity index (χ1v) is 6.63. The van der Waals surface area contributed by atoms with E-state index in [2.05, 4.69) is 54.4 Å². The van der Waals surface area contributed by atoms with E-state index in [1.807, 2.05) is 12.1 Å². The highest BCUT2D eigenvalue weighted by Crippen LogP contribution is 2.12. The predicted molar refractivity (Wildman–Crippen MR) is 79.5 cm³/mol. The van der Waals surface area contributed by atoms with Gasteiger partial charge in [-0.3, -0.25) is 0 Å². The van der Waals surface area contributed by atoms with E-state index in [9.17, 15) is 0 Å². The van der Waals surface area contributed by atoms with Crippen LogP contribution in [-0.4, -0.2) is 25.6 Å². The number of benzene rings is 2. The minimum atomic E-state index is 0.918. The monoisotopic (exact) mass is 255 g/mol. The van der Waals surface area contributed by atoms with Crippen molar-refractivity contribution in [3.63, 3.8) is 0 Å². The second-order valence-corrected chi connectivity index (χ2v) is 4.82. The Labute approximate surface area is 115 Å². The number of ether oxygens (including phenoxy) is 1. The van der Waals surface area contributed by atoms with Gasteiger partial charge in [0.15, 0.2) is 0 Å². The minimum absolute atomic E-state index is 0.918. The largest absolute Gasteiger partial charge is 0.497 e. The van der Waals surface area contributed by atoms with Gasteiger partial charge in [0.25, 0.3) is 0 Å². The molecule has 0 amide bonds. The molecule has 0 aliphatic rings. The smallest absolute Gasteiger partial charge is 0.118 e. The first-order valence-electron chi connectivity index (χ1n) is 6.63. The van der Waals surface area contributed by atoms with E-state index in [1.54, 1.807) is 7.11 Å². The fraction of sp³-hybridized carbons (Fsp3) is 0.294. The SMILES string of the molecule is COc1ccc(CCN(C)Cc2ccccc2)cc1. The van der Waals surface area contributed by atoms with Crippen LogP contribution in [0.1, 0.15) is 11.1 Å². The van der Waals surface area contributed by atoms with Crippen molar-refractivity contribution in [3.05, 3.63) is 65.7 Å². The second-order valence-electron chi connectivity index (χ2n) is 4.82. The van der Waals surface area contributed by atoms with E-state index >= 15 is 0 Å². The maximum absolute atomic E-state index is 5.16. The maximum atomic E-state index is 5.16. The van der Waals surface area contributed by atoms with Crippen molar-refractivity contribution in [1.82, 2.24) is 4.90 Å². The quantitative estimate of drug-likeness (QED) is 0.784. The maximum Gasteiger partial charge on any atom is 0.118 e. The molecule has 0 aliphatic heterocycles. The third-order valence-electron chi connectivity index (χ3n) is 3.24. The van der Waals surface area contributed by atoms with Gasteiger partial charge in [0.05, 0.1) is 7.11 Å². The zero-order valence-electron chi connectivity index (χ0n) is 11.7. The van der Waals surface area contributed by atoms with Gasteiger partial charge < -0.3 is 9.64 Å². The van der Waals surface area contributed by atoms with Crippen LogP contribution in [0.5, 0.6) is 5.75 Å². The summed E-state index contributed by atoms with van der Waals surface area (Å²) in [4.78, 5) is 2.35. The molecule has 2 heteroatoms. The molecule has 2 aromatic rings. The summed E-state index contributed by atoms with van der Waals surface area (Å²) in [7, 11) is 3.86. The lowest BCUT2D eigenvalue weighted by atomic mass is 10.1. The van der Waals surface area contributed by atoms with Crippen LogP contribution in [0.2, 0.25) is 0 Å². The van der Waals surface area contributed by atoms with Crippen molar-refractivity contribution in [2.24, 2.45) is 0 Å². The lowest BCUT2D eigenvalue weighted by Gasteiger charge is -2.16. The lowest BCUT2D eigenvalue weighted by Crippen LogP contribution is -2.20. The zero-order chi connectivity index (χ0) is 13.5. The van der Waals surface area contributed by atoms with E-state index in [0.29, 0.717) is 0 Å². The topological polar surface area (TPSA) is 12.5 Å². The summed E-state index contributed by atoms with van der Waals surface area (Å²) in [5, 5.41) is 0. The second kappa shape index (κ2) is 6.95. The average molecular weight is 255 g/mol. The molecule has 0 spiro atoms. The number of likely N-dealkylation sites (N-methyl/N-ethyl adjacent to an activating group) is 1. The number of hydrogen-bond acceptors (Lipinski definition) is 2. The number of nitrogens with zero attached hydrogens (tertiary/aromatic N) is 1. The molecule has 0 heterocycles. The van der Waals surface area contributed by atoms with Gasteiger partial charge in [-0.25, -0.2) is 0 Å². The number of rotatable bonds is 6. The summed E-state index contributed by atoms with van der Waals surface area (Å²) in [5.41, 5.74) is 2.71. The molecule has 0 aromatic heterocycles. The van der Waals surface area contributed by atoms with Crippen molar-refractivity contribution in [2.45, 2.75) is 13.0 Å². The highest BCUT2D eigenvalue weighted by atomic mass is 16.5. The summed E-state index contributed by atoms with van der Waals surface area (Å²) < 4.78 is 5.16. The first kappa shape index (κ1) is 13.6. The Kier molecular flexibility index (Phi) is 4.99. The highest BCUT2D eigenvalue weighted by molar-refractivity contribution is 5.27. The van der Waals surface area contributed by atoms with Crippen LogP contribution < -0.4 is 4.74 Å². The van der Waals surface area contributed by atoms with Crippen molar-refractivity contribution in [1.29, 1.82) is 0 Å². The highest BCUT2D eigenvalue weighted by Gasteiger charge is 2.01. The first-order chi connectivity index (χ1) is 9.28. The van der Waals surface area contributed by atoms with Gasteiger partial charge >= 0.3 is 0 Å². The van der Waals surface area contributed by atoms with Gasteiger partial charge in [-0.05, 0) is 36.7 Å². The third kappa shape index (κ3) is 4.42. The van der Waals surface area contributed by atoms with Gasteiger partial charge in [-0.15, -0.1) is 0 Å².